The SMILES string of the molecule is OB(O)c1ccc2c3c(ccc(B(O)O)c13)C=C2. The van der Waals surface area contributed by atoms with Gasteiger partial charge in [-0.1, -0.05) is 36.4 Å². The Morgan fingerprint density at radius 3 is 1.44 bits per heavy atom. The highest BCUT2D eigenvalue weighted by Crippen LogP contribution is 2.29. The van der Waals surface area contributed by atoms with Crippen LogP contribution >= 0.6 is 0 Å². The highest BCUT2D eigenvalue weighted by atomic mass is 16.4. The van der Waals surface area contributed by atoms with Crippen molar-refractivity contribution in [3.63, 3.8) is 0 Å². The summed E-state index contributed by atoms with van der Waals surface area (Å²) in [7, 11) is -3.29. The van der Waals surface area contributed by atoms with Crippen molar-refractivity contribution >= 4 is 48.1 Å². The summed E-state index contributed by atoms with van der Waals surface area (Å²) in [5.41, 5.74) is 2.43. The molecule has 6 heteroatoms. The van der Waals surface area contributed by atoms with Crippen LogP contribution in [0.1, 0.15) is 11.1 Å². The van der Waals surface area contributed by atoms with Gasteiger partial charge >= 0.3 is 14.2 Å². The average Bonchev–Trinajstić information content (AvgIpc) is 2.74. The maximum Gasteiger partial charge on any atom is 0.489 e. The van der Waals surface area contributed by atoms with E-state index in [9.17, 15) is 20.1 Å². The Labute approximate surface area is 104 Å². The van der Waals surface area contributed by atoms with Crippen molar-refractivity contribution < 1.29 is 20.1 Å². The van der Waals surface area contributed by atoms with Gasteiger partial charge in [-0.15, -0.1) is 0 Å². The van der Waals surface area contributed by atoms with Crippen LogP contribution in [-0.2, 0) is 0 Å². The molecule has 3 rings (SSSR count). The first kappa shape index (κ1) is 11.5. The summed E-state index contributed by atoms with van der Waals surface area (Å²) in [5, 5.41) is 38.9. The molecule has 1 aliphatic carbocycles. The lowest BCUT2D eigenvalue weighted by Gasteiger charge is -2.13. The second kappa shape index (κ2) is 3.96. The molecule has 0 amide bonds. The van der Waals surface area contributed by atoms with E-state index >= 15 is 0 Å². The van der Waals surface area contributed by atoms with Crippen LogP contribution < -0.4 is 10.9 Å². The zero-order valence-corrected chi connectivity index (χ0v) is 9.41. The fourth-order valence-corrected chi connectivity index (χ4v) is 2.49. The Kier molecular flexibility index (Phi) is 2.53. The van der Waals surface area contributed by atoms with E-state index in [1.54, 1.807) is 24.3 Å². The van der Waals surface area contributed by atoms with Gasteiger partial charge in [0.1, 0.15) is 0 Å². The maximum absolute atomic E-state index is 9.40. The van der Waals surface area contributed by atoms with Crippen LogP contribution in [0.15, 0.2) is 24.3 Å². The summed E-state index contributed by atoms with van der Waals surface area (Å²) in [6.07, 6.45) is 3.83. The Morgan fingerprint density at radius 1 is 0.611 bits per heavy atom. The van der Waals surface area contributed by atoms with Crippen LogP contribution in [0.5, 0.6) is 0 Å². The standard InChI is InChI=1S/C12H10B2O4/c15-13(16)9-5-3-7-1-2-8-4-6-10(14(17)18)12(9)11(7)8/h1-6,15-18H. The molecule has 18 heavy (non-hydrogen) atoms. The van der Waals surface area contributed by atoms with E-state index in [1.165, 1.54) is 0 Å². The summed E-state index contributed by atoms with van der Waals surface area (Å²) in [6.45, 7) is 0. The summed E-state index contributed by atoms with van der Waals surface area (Å²) in [4.78, 5) is 0. The summed E-state index contributed by atoms with van der Waals surface area (Å²) in [5.74, 6) is 0. The summed E-state index contributed by atoms with van der Waals surface area (Å²) in [6, 6.07) is 6.76. The number of hydrogen-bond donors (Lipinski definition) is 4. The molecule has 0 bridgehead atoms. The van der Waals surface area contributed by atoms with Gasteiger partial charge < -0.3 is 20.1 Å². The van der Waals surface area contributed by atoms with Crippen LogP contribution in [0.3, 0.4) is 0 Å². The zero-order valence-electron chi connectivity index (χ0n) is 9.41. The molecule has 0 saturated heterocycles. The van der Waals surface area contributed by atoms with Gasteiger partial charge in [-0.25, -0.2) is 0 Å². The lowest BCUT2D eigenvalue weighted by atomic mass is 9.68. The van der Waals surface area contributed by atoms with Gasteiger partial charge in [0, 0.05) is 0 Å². The molecule has 0 aromatic heterocycles. The summed E-state index contributed by atoms with van der Waals surface area (Å²) < 4.78 is 0. The lowest BCUT2D eigenvalue weighted by Crippen LogP contribution is -2.38. The maximum atomic E-state index is 9.40. The minimum atomic E-state index is -1.65. The van der Waals surface area contributed by atoms with Gasteiger partial charge in [0.25, 0.3) is 0 Å². The van der Waals surface area contributed by atoms with Crippen molar-refractivity contribution in [2.75, 3.05) is 0 Å². The fourth-order valence-electron chi connectivity index (χ4n) is 2.49. The number of hydrogen-bond acceptors (Lipinski definition) is 4. The molecular weight excluding hydrogens is 230 g/mol. The van der Waals surface area contributed by atoms with Crippen molar-refractivity contribution in [3.8, 4) is 0 Å². The van der Waals surface area contributed by atoms with Gasteiger partial charge in [-0.3, -0.25) is 0 Å². The molecular formula is C12H10B2O4. The summed E-state index contributed by atoms with van der Waals surface area (Å²) >= 11 is 0. The molecule has 0 unspecified atom stereocenters. The first-order valence-electron chi connectivity index (χ1n) is 5.59. The van der Waals surface area contributed by atoms with Crippen molar-refractivity contribution in [1.82, 2.24) is 0 Å². The predicted octanol–water partition coefficient (Wildman–Crippen LogP) is -1.32. The molecule has 1 aliphatic rings. The zero-order chi connectivity index (χ0) is 12.9. The Morgan fingerprint density at radius 2 is 1.06 bits per heavy atom. The van der Waals surface area contributed by atoms with Crippen LogP contribution in [0.25, 0.3) is 22.9 Å². The fraction of sp³-hybridized carbons (Fsp3) is 0. The van der Waals surface area contributed by atoms with Gasteiger partial charge in [0.05, 0.1) is 0 Å². The van der Waals surface area contributed by atoms with Gasteiger partial charge in [0.15, 0.2) is 0 Å². The molecule has 4 N–H and O–H groups in total. The van der Waals surface area contributed by atoms with Gasteiger partial charge in [-0.2, -0.15) is 0 Å². The first-order valence-corrected chi connectivity index (χ1v) is 5.59. The highest BCUT2D eigenvalue weighted by molar-refractivity contribution is 6.68. The first-order chi connectivity index (χ1) is 8.59. The smallest absolute Gasteiger partial charge is 0.423 e. The third kappa shape index (κ3) is 1.51. The molecule has 2 aromatic carbocycles. The second-order valence-electron chi connectivity index (χ2n) is 4.32. The molecule has 0 aliphatic heterocycles. The monoisotopic (exact) mass is 240 g/mol. The van der Waals surface area contributed by atoms with Crippen molar-refractivity contribution in [2.45, 2.75) is 0 Å². The van der Waals surface area contributed by atoms with E-state index in [-0.39, 0.29) is 10.9 Å². The minimum Gasteiger partial charge on any atom is -0.423 e. The van der Waals surface area contributed by atoms with E-state index in [4.69, 9.17) is 0 Å². The normalized spacial score (nSPS) is 12.2. The molecule has 4 nitrogen and oxygen atoms in total. The second-order valence-corrected chi connectivity index (χ2v) is 4.32. The molecule has 0 heterocycles. The Balaban J connectivity index is 2.47. The van der Waals surface area contributed by atoms with Crippen molar-refractivity contribution in [1.29, 1.82) is 0 Å². The number of benzene rings is 2. The van der Waals surface area contributed by atoms with Crippen LogP contribution in [-0.4, -0.2) is 34.3 Å². The van der Waals surface area contributed by atoms with E-state index < -0.39 is 14.2 Å². The largest absolute Gasteiger partial charge is 0.489 e. The van der Waals surface area contributed by atoms with Gasteiger partial charge in [0.2, 0.25) is 0 Å². The number of rotatable bonds is 2. The topological polar surface area (TPSA) is 80.9 Å². The molecule has 2 aromatic rings. The minimum absolute atomic E-state index is 0.280. The molecule has 0 saturated carbocycles. The molecule has 0 atom stereocenters. The molecule has 0 fully saturated rings. The van der Waals surface area contributed by atoms with Crippen molar-refractivity contribution in [2.24, 2.45) is 0 Å². The lowest BCUT2D eigenvalue weighted by molar-refractivity contribution is 0.426. The van der Waals surface area contributed by atoms with E-state index in [2.05, 4.69) is 0 Å². The van der Waals surface area contributed by atoms with Crippen molar-refractivity contribution in [3.05, 3.63) is 35.4 Å². The van der Waals surface area contributed by atoms with E-state index in [1.807, 2.05) is 12.2 Å². The third-order valence-corrected chi connectivity index (χ3v) is 3.29. The van der Waals surface area contributed by atoms with Crippen LogP contribution in [0, 0.1) is 0 Å². The van der Waals surface area contributed by atoms with E-state index in [0.717, 1.165) is 16.5 Å². The molecule has 0 spiro atoms. The van der Waals surface area contributed by atoms with E-state index in [0.29, 0.717) is 5.39 Å². The Bertz CT molecular complexity index is 612. The van der Waals surface area contributed by atoms with Gasteiger partial charge in [-0.05, 0) is 32.8 Å². The highest BCUT2D eigenvalue weighted by Gasteiger charge is 2.25. The van der Waals surface area contributed by atoms with Crippen LogP contribution in [0.4, 0.5) is 0 Å². The molecule has 0 radical (unpaired) electrons. The average molecular weight is 240 g/mol. The predicted molar refractivity (Wildman–Crippen MR) is 72.5 cm³/mol. The Hall–Kier alpha value is -1.59. The molecule has 88 valence electrons. The van der Waals surface area contributed by atoms with Crippen LogP contribution in [0.2, 0.25) is 0 Å². The quantitative estimate of drug-likeness (QED) is 0.419. The third-order valence-electron chi connectivity index (χ3n) is 3.29.